The van der Waals surface area contributed by atoms with Crippen molar-refractivity contribution in [3.05, 3.63) is 30.0 Å². The molecule has 14 heavy (non-hydrogen) atoms. The van der Waals surface area contributed by atoms with Gasteiger partial charge in [0.25, 0.3) is 0 Å². The molecule has 1 aromatic heterocycles. The number of pyridine rings is 1. The van der Waals surface area contributed by atoms with E-state index in [1.165, 1.54) is 5.56 Å². The summed E-state index contributed by atoms with van der Waals surface area (Å²) in [6, 6.07) is 2.01. The first kappa shape index (κ1) is 10.8. The van der Waals surface area contributed by atoms with Crippen LogP contribution in [0.3, 0.4) is 0 Å². The summed E-state index contributed by atoms with van der Waals surface area (Å²) in [6.45, 7) is 9.11. The van der Waals surface area contributed by atoms with Crippen molar-refractivity contribution in [1.82, 2.24) is 4.98 Å². The molecule has 0 saturated carbocycles. The van der Waals surface area contributed by atoms with Crippen LogP contribution in [0.15, 0.2) is 18.8 Å². The monoisotopic (exact) mass is 190 g/mol. The maximum absolute atomic E-state index is 4.38. The Hall–Kier alpha value is -1.31. The average Bonchev–Trinajstić information content (AvgIpc) is 2.17. The van der Waals surface area contributed by atoms with Crippen LogP contribution in [0.1, 0.15) is 24.5 Å². The maximum Gasteiger partial charge on any atom is 0.135 e. The van der Waals surface area contributed by atoms with E-state index < -0.39 is 0 Å². The van der Waals surface area contributed by atoms with E-state index >= 15 is 0 Å². The summed E-state index contributed by atoms with van der Waals surface area (Å²) in [5.74, 6) is 1.03. The molecule has 0 N–H and O–H groups in total. The van der Waals surface area contributed by atoms with Gasteiger partial charge in [-0.2, -0.15) is 0 Å². The molecule has 0 spiro atoms. The summed E-state index contributed by atoms with van der Waals surface area (Å²) in [5, 5.41) is 0. The van der Waals surface area contributed by atoms with Gasteiger partial charge in [-0.1, -0.05) is 19.6 Å². The highest BCUT2D eigenvalue weighted by molar-refractivity contribution is 5.65. The summed E-state index contributed by atoms with van der Waals surface area (Å²) in [4.78, 5) is 6.55. The van der Waals surface area contributed by atoms with Gasteiger partial charge in [-0.3, -0.25) is 0 Å². The molecular weight excluding hydrogens is 172 g/mol. The molecule has 0 amide bonds. The minimum Gasteiger partial charge on any atom is -0.359 e. The van der Waals surface area contributed by atoms with Crippen LogP contribution in [-0.2, 0) is 0 Å². The van der Waals surface area contributed by atoms with Crippen molar-refractivity contribution in [1.29, 1.82) is 0 Å². The van der Waals surface area contributed by atoms with E-state index in [9.17, 15) is 0 Å². The van der Waals surface area contributed by atoms with Crippen LogP contribution in [0.4, 0.5) is 5.82 Å². The first-order chi connectivity index (χ1) is 6.70. The minimum absolute atomic E-state index is 1.03. The lowest BCUT2D eigenvalue weighted by Gasteiger charge is -2.20. The highest BCUT2D eigenvalue weighted by Crippen LogP contribution is 2.20. The van der Waals surface area contributed by atoms with Crippen molar-refractivity contribution in [2.45, 2.75) is 20.3 Å². The Kier molecular flexibility index (Phi) is 3.69. The fourth-order valence-electron chi connectivity index (χ4n) is 1.55. The van der Waals surface area contributed by atoms with E-state index in [1.807, 2.05) is 18.3 Å². The van der Waals surface area contributed by atoms with Crippen LogP contribution < -0.4 is 4.90 Å². The number of anilines is 1. The molecular formula is C12H18N2. The van der Waals surface area contributed by atoms with Gasteiger partial charge in [-0.15, -0.1) is 0 Å². The highest BCUT2D eigenvalue weighted by Gasteiger charge is 2.07. The fraction of sp³-hybridized carbons (Fsp3) is 0.417. The Balaban J connectivity index is 3.06. The molecule has 0 atom stereocenters. The lowest BCUT2D eigenvalue weighted by Crippen LogP contribution is -2.20. The van der Waals surface area contributed by atoms with Gasteiger partial charge in [0.2, 0.25) is 0 Å². The van der Waals surface area contributed by atoms with E-state index in [0.29, 0.717) is 0 Å². The van der Waals surface area contributed by atoms with Crippen molar-refractivity contribution in [2.24, 2.45) is 0 Å². The number of hydrogen-bond acceptors (Lipinski definition) is 2. The number of aryl methyl sites for hydroxylation is 1. The Bertz CT molecular complexity index is 318. The first-order valence-corrected chi connectivity index (χ1v) is 4.99. The third-order valence-electron chi connectivity index (χ3n) is 2.31. The van der Waals surface area contributed by atoms with Crippen LogP contribution in [0.5, 0.6) is 0 Å². The van der Waals surface area contributed by atoms with Gasteiger partial charge < -0.3 is 4.90 Å². The summed E-state index contributed by atoms with van der Waals surface area (Å²) in [7, 11) is 2.07. The smallest absolute Gasteiger partial charge is 0.135 e. The number of nitrogens with zero attached hydrogens (tertiary/aromatic N) is 2. The standard InChI is InChI=1S/C12H18N2/c1-5-9-14(4)12-11(6-2)10(3)7-8-13-12/h6-8H,2,5,9H2,1,3-4H3. The predicted molar refractivity (Wildman–Crippen MR) is 62.6 cm³/mol. The van der Waals surface area contributed by atoms with Crippen molar-refractivity contribution in [3.63, 3.8) is 0 Å². The fourth-order valence-corrected chi connectivity index (χ4v) is 1.55. The van der Waals surface area contributed by atoms with Gasteiger partial charge in [0, 0.05) is 25.4 Å². The predicted octanol–water partition coefficient (Wildman–Crippen LogP) is 2.88. The van der Waals surface area contributed by atoms with Crippen LogP contribution in [-0.4, -0.2) is 18.6 Å². The Labute approximate surface area is 86.3 Å². The molecule has 2 heteroatoms. The molecule has 0 unspecified atom stereocenters. The van der Waals surface area contributed by atoms with Gasteiger partial charge in [0.15, 0.2) is 0 Å². The summed E-state index contributed by atoms with van der Waals surface area (Å²) >= 11 is 0. The van der Waals surface area contributed by atoms with E-state index in [0.717, 1.165) is 24.3 Å². The Morgan fingerprint density at radius 3 is 2.86 bits per heavy atom. The lowest BCUT2D eigenvalue weighted by molar-refractivity contribution is 0.836. The van der Waals surface area contributed by atoms with E-state index in [2.05, 4.69) is 37.4 Å². The van der Waals surface area contributed by atoms with E-state index in [1.54, 1.807) is 0 Å². The van der Waals surface area contributed by atoms with Crippen LogP contribution in [0, 0.1) is 6.92 Å². The molecule has 0 aromatic carbocycles. The second kappa shape index (κ2) is 4.80. The summed E-state index contributed by atoms with van der Waals surface area (Å²) in [5.41, 5.74) is 2.37. The summed E-state index contributed by atoms with van der Waals surface area (Å²) < 4.78 is 0. The molecule has 1 heterocycles. The van der Waals surface area contributed by atoms with Crippen molar-refractivity contribution >= 4 is 11.9 Å². The van der Waals surface area contributed by atoms with Crippen molar-refractivity contribution < 1.29 is 0 Å². The van der Waals surface area contributed by atoms with Gasteiger partial charge in [0.1, 0.15) is 5.82 Å². The second-order valence-corrected chi connectivity index (χ2v) is 3.49. The molecule has 76 valence electrons. The van der Waals surface area contributed by atoms with Gasteiger partial charge in [0.05, 0.1) is 0 Å². The third-order valence-corrected chi connectivity index (χ3v) is 2.31. The average molecular weight is 190 g/mol. The van der Waals surface area contributed by atoms with E-state index in [-0.39, 0.29) is 0 Å². The van der Waals surface area contributed by atoms with Gasteiger partial charge >= 0.3 is 0 Å². The zero-order chi connectivity index (χ0) is 10.6. The zero-order valence-corrected chi connectivity index (χ0v) is 9.25. The van der Waals surface area contributed by atoms with Crippen molar-refractivity contribution in [3.8, 4) is 0 Å². The normalized spacial score (nSPS) is 9.93. The van der Waals surface area contributed by atoms with Crippen LogP contribution in [0.2, 0.25) is 0 Å². The molecule has 1 rings (SSSR count). The molecule has 1 aromatic rings. The number of hydrogen-bond donors (Lipinski definition) is 0. The first-order valence-electron chi connectivity index (χ1n) is 4.99. The molecule has 0 radical (unpaired) electrons. The SMILES string of the molecule is C=Cc1c(C)ccnc1N(C)CCC. The number of rotatable bonds is 4. The Morgan fingerprint density at radius 2 is 2.29 bits per heavy atom. The van der Waals surface area contributed by atoms with Gasteiger partial charge in [-0.05, 0) is 25.0 Å². The second-order valence-electron chi connectivity index (χ2n) is 3.49. The lowest BCUT2D eigenvalue weighted by atomic mass is 10.1. The van der Waals surface area contributed by atoms with Gasteiger partial charge in [-0.25, -0.2) is 4.98 Å². The van der Waals surface area contributed by atoms with Crippen LogP contribution >= 0.6 is 0 Å². The third kappa shape index (κ3) is 2.13. The maximum atomic E-state index is 4.38. The summed E-state index contributed by atoms with van der Waals surface area (Å²) in [6.07, 6.45) is 4.86. The minimum atomic E-state index is 1.03. The zero-order valence-electron chi connectivity index (χ0n) is 9.25. The molecule has 0 aliphatic carbocycles. The molecule has 0 fully saturated rings. The molecule has 0 aliphatic rings. The highest BCUT2D eigenvalue weighted by atomic mass is 15.2. The number of aromatic nitrogens is 1. The molecule has 0 saturated heterocycles. The largest absolute Gasteiger partial charge is 0.359 e. The quantitative estimate of drug-likeness (QED) is 0.725. The molecule has 2 nitrogen and oxygen atoms in total. The van der Waals surface area contributed by atoms with Crippen molar-refractivity contribution in [2.75, 3.05) is 18.5 Å². The van der Waals surface area contributed by atoms with Crippen LogP contribution in [0.25, 0.3) is 6.08 Å². The molecule has 0 bridgehead atoms. The molecule has 0 aliphatic heterocycles. The topological polar surface area (TPSA) is 16.1 Å². The van der Waals surface area contributed by atoms with E-state index in [4.69, 9.17) is 0 Å². The Morgan fingerprint density at radius 1 is 1.57 bits per heavy atom.